The Kier molecular flexibility index (Phi) is 8.55. The fourth-order valence-corrected chi connectivity index (χ4v) is 14.3. The van der Waals surface area contributed by atoms with E-state index in [0.717, 1.165) is 17.1 Å². The largest absolute Gasteiger partial charge is 0.310 e. The molecule has 0 unspecified atom stereocenters. The SMILES string of the molecule is c1ccc2c(c1)-c1ccccc1C21c2ccccc2-c2cc(-c3cc4ccccc4c4ccccc34)c(N(c3ccc4c5ccccc5c5ccccc5c4c3)c3ccc4c5ccccc5c5ccccc5c4c3)cc21. The van der Waals surface area contributed by atoms with E-state index in [1.165, 1.54) is 142 Å². The highest BCUT2D eigenvalue weighted by atomic mass is 15.1. The summed E-state index contributed by atoms with van der Waals surface area (Å²) in [7, 11) is 0. The molecule has 0 amide bonds. The number of hydrogen-bond donors (Lipinski definition) is 0. The summed E-state index contributed by atoms with van der Waals surface area (Å²) in [5.41, 5.74) is 15.6. The molecule has 2 aliphatic rings. The Balaban J connectivity index is 1.06. The topological polar surface area (TPSA) is 3.24 Å². The van der Waals surface area contributed by atoms with Crippen molar-refractivity contribution in [3.8, 4) is 33.4 Å². The molecule has 0 atom stereocenters. The fraction of sp³-hybridized carbons (Fsp3) is 0.0133. The molecule has 1 heteroatoms. The average Bonchev–Trinajstić information content (AvgIpc) is 3.96. The second-order valence-corrected chi connectivity index (χ2v) is 21.0. The minimum atomic E-state index is -0.555. The molecule has 17 rings (SSSR count). The van der Waals surface area contributed by atoms with Crippen LogP contribution in [0, 0.1) is 0 Å². The number of anilines is 3. The summed E-state index contributed by atoms with van der Waals surface area (Å²) in [6.07, 6.45) is 0. The summed E-state index contributed by atoms with van der Waals surface area (Å²) in [4.78, 5) is 2.61. The Labute approximate surface area is 439 Å². The molecule has 76 heavy (non-hydrogen) atoms. The van der Waals surface area contributed by atoms with Gasteiger partial charge in [-0.2, -0.15) is 0 Å². The summed E-state index contributed by atoms with van der Waals surface area (Å²) >= 11 is 0. The van der Waals surface area contributed by atoms with Crippen molar-refractivity contribution in [3.05, 3.63) is 295 Å². The molecule has 1 spiro atoms. The summed E-state index contributed by atoms with van der Waals surface area (Å²) in [6.45, 7) is 0. The molecule has 0 saturated heterocycles. The molecular weight excluding hydrogens is 915 g/mol. The standard InChI is InChI=1S/C75H45N/c1-2-20-49-46(19-1)41-65(57-28-10-3-21-50(49)57)69-44-68-64-33-15-18-36-72(64)75(70-34-16-13-31-62(70)63-32-14-17-35-71(63)75)73(68)45-74(69)76(47-37-39-60-55-26-6-4-22-51(55)53-24-8-11-29-58(53)66(60)42-47)48-38-40-61-56-27-7-5-23-52(56)54-25-9-12-30-59(54)67(61)43-48/h1-45H. The average molecular weight is 960 g/mol. The molecule has 2 aliphatic carbocycles. The lowest BCUT2D eigenvalue weighted by atomic mass is 9.70. The maximum absolute atomic E-state index is 2.61. The minimum absolute atomic E-state index is 0.555. The van der Waals surface area contributed by atoms with E-state index in [9.17, 15) is 0 Å². The van der Waals surface area contributed by atoms with Gasteiger partial charge >= 0.3 is 0 Å². The van der Waals surface area contributed by atoms with Gasteiger partial charge in [-0.05, 0) is 179 Å². The van der Waals surface area contributed by atoms with Crippen LogP contribution in [-0.4, -0.2) is 0 Å². The van der Waals surface area contributed by atoms with Crippen molar-refractivity contribution in [2.24, 2.45) is 0 Å². The normalized spacial score (nSPS) is 13.1. The van der Waals surface area contributed by atoms with Gasteiger partial charge in [0.1, 0.15) is 0 Å². The molecule has 15 aromatic carbocycles. The molecular formula is C75H45N. The first-order valence-corrected chi connectivity index (χ1v) is 26.6. The van der Waals surface area contributed by atoms with Crippen molar-refractivity contribution in [2.45, 2.75) is 5.41 Å². The summed E-state index contributed by atoms with van der Waals surface area (Å²) in [6, 6.07) is 103. The van der Waals surface area contributed by atoms with Crippen molar-refractivity contribution >= 4 is 103 Å². The Hall–Kier alpha value is -9.82. The second-order valence-electron chi connectivity index (χ2n) is 21.0. The molecule has 0 saturated carbocycles. The second kappa shape index (κ2) is 15.6. The van der Waals surface area contributed by atoms with Crippen molar-refractivity contribution < 1.29 is 0 Å². The van der Waals surface area contributed by atoms with Gasteiger partial charge in [0.25, 0.3) is 0 Å². The van der Waals surface area contributed by atoms with Gasteiger partial charge in [-0.25, -0.2) is 0 Å². The maximum Gasteiger partial charge on any atom is 0.0726 e. The molecule has 0 N–H and O–H groups in total. The Morgan fingerprint density at radius 3 is 1.00 bits per heavy atom. The lowest BCUT2D eigenvalue weighted by Gasteiger charge is -2.34. The minimum Gasteiger partial charge on any atom is -0.310 e. The molecule has 0 bridgehead atoms. The van der Waals surface area contributed by atoms with Crippen molar-refractivity contribution in [1.82, 2.24) is 0 Å². The van der Waals surface area contributed by atoms with Crippen LogP contribution in [0.2, 0.25) is 0 Å². The molecule has 0 aliphatic heterocycles. The van der Waals surface area contributed by atoms with E-state index >= 15 is 0 Å². The zero-order valence-corrected chi connectivity index (χ0v) is 41.4. The Morgan fingerprint density at radius 1 is 0.197 bits per heavy atom. The summed E-state index contributed by atoms with van der Waals surface area (Å²) in [5, 5.41) is 20.0. The van der Waals surface area contributed by atoms with Crippen LogP contribution in [0.15, 0.2) is 273 Å². The van der Waals surface area contributed by atoms with Crippen LogP contribution >= 0.6 is 0 Å². The van der Waals surface area contributed by atoms with Crippen LogP contribution in [0.25, 0.3) is 120 Å². The molecule has 0 radical (unpaired) electrons. The van der Waals surface area contributed by atoms with Gasteiger partial charge in [0.2, 0.25) is 0 Å². The summed E-state index contributed by atoms with van der Waals surface area (Å²) in [5.74, 6) is 0. The van der Waals surface area contributed by atoms with Crippen LogP contribution in [0.3, 0.4) is 0 Å². The number of fused-ring (bicyclic) bond motifs is 25. The van der Waals surface area contributed by atoms with E-state index in [0.29, 0.717) is 0 Å². The van der Waals surface area contributed by atoms with Gasteiger partial charge in [0, 0.05) is 16.9 Å². The number of hydrogen-bond acceptors (Lipinski definition) is 1. The Bertz CT molecular complexity index is 4740. The van der Waals surface area contributed by atoms with E-state index in [4.69, 9.17) is 0 Å². The third-order valence-electron chi connectivity index (χ3n) is 17.4. The molecule has 0 aromatic heterocycles. The predicted molar refractivity (Wildman–Crippen MR) is 323 cm³/mol. The quantitative estimate of drug-likeness (QED) is 0.159. The van der Waals surface area contributed by atoms with E-state index < -0.39 is 5.41 Å². The number of benzene rings is 15. The highest BCUT2D eigenvalue weighted by Gasteiger charge is 2.52. The molecule has 1 nitrogen and oxygen atoms in total. The van der Waals surface area contributed by atoms with Crippen molar-refractivity contribution in [2.75, 3.05) is 4.90 Å². The zero-order valence-electron chi connectivity index (χ0n) is 41.4. The zero-order chi connectivity index (χ0) is 49.6. The van der Waals surface area contributed by atoms with E-state index in [-0.39, 0.29) is 0 Å². The first-order chi connectivity index (χ1) is 37.7. The van der Waals surface area contributed by atoms with Gasteiger partial charge < -0.3 is 4.90 Å². The van der Waals surface area contributed by atoms with Crippen LogP contribution in [0.5, 0.6) is 0 Å². The number of rotatable bonds is 4. The smallest absolute Gasteiger partial charge is 0.0726 e. The highest BCUT2D eigenvalue weighted by Crippen LogP contribution is 2.64. The van der Waals surface area contributed by atoms with Gasteiger partial charge in [-0.1, -0.05) is 231 Å². The molecule has 350 valence electrons. The lowest BCUT2D eigenvalue weighted by molar-refractivity contribution is 0.794. The lowest BCUT2D eigenvalue weighted by Crippen LogP contribution is -2.26. The van der Waals surface area contributed by atoms with Gasteiger partial charge in [0.15, 0.2) is 0 Å². The maximum atomic E-state index is 2.61. The van der Waals surface area contributed by atoms with Gasteiger partial charge in [-0.15, -0.1) is 0 Å². The molecule has 0 fully saturated rings. The monoisotopic (exact) mass is 959 g/mol. The van der Waals surface area contributed by atoms with Crippen LogP contribution in [-0.2, 0) is 5.41 Å². The predicted octanol–water partition coefficient (Wildman–Crippen LogP) is 20.4. The van der Waals surface area contributed by atoms with Crippen LogP contribution < -0.4 is 4.90 Å². The fourth-order valence-electron chi connectivity index (χ4n) is 14.3. The first-order valence-electron chi connectivity index (χ1n) is 26.6. The highest BCUT2D eigenvalue weighted by molar-refractivity contribution is 6.28. The summed E-state index contributed by atoms with van der Waals surface area (Å²) < 4.78 is 0. The van der Waals surface area contributed by atoms with Crippen LogP contribution in [0.4, 0.5) is 17.1 Å². The van der Waals surface area contributed by atoms with Gasteiger partial charge in [0.05, 0.1) is 11.1 Å². The van der Waals surface area contributed by atoms with Gasteiger partial charge in [-0.3, -0.25) is 0 Å². The molecule has 15 aromatic rings. The first kappa shape index (κ1) is 41.6. The van der Waals surface area contributed by atoms with E-state index in [1.807, 2.05) is 0 Å². The van der Waals surface area contributed by atoms with Crippen molar-refractivity contribution in [1.29, 1.82) is 0 Å². The number of nitrogens with zero attached hydrogens (tertiary/aromatic N) is 1. The Morgan fingerprint density at radius 2 is 0.539 bits per heavy atom. The third-order valence-corrected chi connectivity index (χ3v) is 17.4. The van der Waals surface area contributed by atoms with E-state index in [1.54, 1.807) is 0 Å². The van der Waals surface area contributed by atoms with Crippen molar-refractivity contribution in [3.63, 3.8) is 0 Å². The van der Waals surface area contributed by atoms with Crippen LogP contribution in [0.1, 0.15) is 22.3 Å². The molecule has 0 heterocycles. The third kappa shape index (κ3) is 5.53. The van der Waals surface area contributed by atoms with E-state index in [2.05, 4.69) is 278 Å².